The molecule has 4 nitrogen and oxygen atoms in total. The highest BCUT2D eigenvalue weighted by Gasteiger charge is 2.24. The molecule has 0 bridgehead atoms. The third kappa shape index (κ3) is 4.40. The highest BCUT2D eigenvalue weighted by molar-refractivity contribution is 5.40. The first-order valence-electron chi connectivity index (χ1n) is 8.47. The van der Waals surface area contributed by atoms with Crippen molar-refractivity contribution in [2.75, 3.05) is 24.5 Å². The molecule has 0 aromatic carbocycles. The standard InChI is InChI=1S/C17H30N4/c1-5-9-18-13(3)15-7-10-21(11-8-15)17-12-16(6-2)19-14(4)20-17/h12-13,15,18H,5-11H2,1-4H3. The minimum absolute atomic E-state index is 0.630. The fourth-order valence-corrected chi connectivity index (χ4v) is 3.12. The van der Waals surface area contributed by atoms with Gasteiger partial charge in [0.1, 0.15) is 11.6 Å². The van der Waals surface area contributed by atoms with Crippen LogP contribution in [-0.2, 0) is 6.42 Å². The van der Waals surface area contributed by atoms with Crippen LogP contribution in [0.1, 0.15) is 51.6 Å². The molecule has 0 spiro atoms. The first kappa shape index (κ1) is 16.2. The largest absolute Gasteiger partial charge is 0.356 e. The quantitative estimate of drug-likeness (QED) is 0.874. The Balaban J connectivity index is 1.93. The first-order chi connectivity index (χ1) is 10.1. The average molecular weight is 290 g/mol. The molecule has 0 aliphatic carbocycles. The number of rotatable bonds is 6. The lowest BCUT2D eigenvalue weighted by atomic mass is 9.90. The highest BCUT2D eigenvalue weighted by Crippen LogP contribution is 2.24. The van der Waals surface area contributed by atoms with Crippen molar-refractivity contribution in [2.45, 2.75) is 59.4 Å². The summed E-state index contributed by atoms with van der Waals surface area (Å²) in [5, 5.41) is 3.64. The molecule has 21 heavy (non-hydrogen) atoms. The number of nitrogens with one attached hydrogen (secondary N) is 1. The molecule has 1 aromatic heterocycles. The molecule has 0 saturated carbocycles. The summed E-state index contributed by atoms with van der Waals surface area (Å²) in [5.74, 6) is 2.80. The number of anilines is 1. The molecule has 1 unspecified atom stereocenters. The fourth-order valence-electron chi connectivity index (χ4n) is 3.12. The predicted molar refractivity (Wildman–Crippen MR) is 88.8 cm³/mol. The second-order valence-electron chi connectivity index (χ2n) is 6.19. The van der Waals surface area contributed by atoms with Crippen LogP contribution in [0, 0.1) is 12.8 Å². The second-order valence-corrected chi connectivity index (χ2v) is 6.19. The van der Waals surface area contributed by atoms with E-state index < -0.39 is 0 Å². The zero-order chi connectivity index (χ0) is 15.2. The average Bonchev–Trinajstić information content (AvgIpc) is 2.52. The van der Waals surface area contributed by atoms with Gasteiger partial charge in [-0.05, 0) is 52.0 Å². The van der Waals surface area contributed by atoms with Gasteiger partial charge in [-0.1, -0.05) is 13.8 Å². The lowest BCUT2D eigenvalue weighted by Crippen LogP contribution is -2.42. The number of hydrogen-bond donors (Lipinski definition) is 1. The molecule has 1 fully saturated rings. The van der Waals surface area contributed by atoms with Gasteiger partial charge in [0.05, 0.1) is 0 Å². The Kier molecular flexibility index (Phi) is 5.97. The van der Waals surface area contributed by atoms with Crippen molar-refractivity contribution in [3.8, 4) is 0 Å². The molecule has 2 rings (SSSR count). The van der Waals surface area contributed by atoms with E-state index in [0.29, 0.717) is 6.04 Å². The summed E-state index contributed by atoms with van der Waals surface area (Å²) in [7, 11) is 0. The summed E-state index contributed by atoms with van der Waals surface area (Å²) in [6.07, 6.45) is 4.69. The Bertz CT molecular complexity index is 438. The highest BCUT2D eigenvalue weighted by atomic mass is 15.2. The van der Waals surface area contributed by atoms with Gasteiger partial charge in [0.25, 0.3) is 0 Å². The van der Waals surface area contributed by atoms with Crippen molar-refractivity contribution in [2.24, 2.45) is 5.92 Å². The lowest BCUT2D eigenvalue weighted by Gasteiger charge is -2.36. The van der Waals surface area contributed by atoms with Gasteiger partial charge >= 0.3 is 0 Å². The maximum absolute atomic E-state index is 4.62. The zero-order valence-corrected chi connectivity index (χ0v) is 14.0. The topological polar surface area (TPSA) is 41.0 Å². The molecule has 2 heterocycles. The summed E-state index contributed by atoms with van der Waals surface area (Å²) in [5.41, 5.74) is 1.15. The molecule has 1 atom stereocenters. The van der Waals surface area contributed by atoms with E-state index in [0.717, 1.165) is 49.3 Å². The number of piperidine rings is 1. The van der Waals surface area contributed by atoms with Crippen molar-refractivity contribution in [1.29, 1.82) is 0 Å². The van der Waals surface area contributed by atoms with E-state index in [9.17, 15) is 0 Å². The van der Waals surface area contributed by atoms with Gasteiger partial charge in [-0.3, -0.25) is 0 Å². The van der Waals surface area contributed by atoms with Crippen LogP contribution < -0.4 is 10.2 Å². The molecule has 1 aliphatic rings. The van der Waals surface area contributed by atoms with E-state index >= 15 is 0 Å². The molecular formula is C17H30N4. The zero-order valence-electron chi connectivity index (χ0n) is 14.0. The van der Waals surface area contributed by atoms with Gasteiger partial charge in [-0.2, -0.15) is 0 Å². The normalized spacial score (nSPS) is 18.0. The van der Waals surface area contributed by atoms with Crippen LogP contribution >= 0.6 is 0 Å². The van der Waals surface area contributed by atoms with Crippen molar-refractivity contribution >= 4 is 5.82 Å². The number of aryl methyl sites for hydroxylation is 2. The van der Waals surface area contributed by atoms with Crippen molar-refractivity contribution < 1.29 is 0 Å². The summed E-state index contributed by atoms with van der Waals surface area (Å²) in [4.78, 5) is 11.5. The van der Waals surface area contributed by atoms with Crippen molar-refractivity contribution in [3.63, 3.8) is 0 Å². The number of hydrogen-bond acceptors (Lipinski definition) is 4. The molecule has 1 saturated heterocycles. The molecule has 1 aliphatic heterocycles. The first-order valence-corrected chi connectivity index (χ1v) is 8.47. The lowest BCUT2D eigenvalue weighted by molar-refractivity contribution is 0.311. The number of nitrogens with zero attached hydrogens (tertiary/aromatic N) is 3. The van der Waals surface area contributed by atoms with Crippen LogP contribution in [0.25, 0.3) is 0 Å². The molecular weight excluding hydrogens is 260 g/mol. The van der Waals surface area contributed by atoms with Gasteiger partial charge in [0.2, 0.25) is 0 Å². The molecule has 118 valence electrons. The van der Waals surface area contributed by atoms with Gasteiger partial charge in [-0.15, -0.1) is 0 Å². The molecule has 0 amide bonds. The summed E-state index contributed by atoms with van der Waals surface area (Å²) < 4.78 is 0. The van der Waals surface area contributed by atoms with Crippen LogP contribution in [0.5, 0.6) is 0 Å². The fraction of sp³-hybridized carbons (Fsp3) is 0.765. The predicted octanol–water partition coefficient (Wildman–Crippen LogP) is 2.95. The van der Waals surface area contributed by atoms with Gasteiger partial charge in [0.15, 0.2) is 0 Å². The van der Waals surface area contributed by atoms with Crippen LogP contribution in [0.2, 0.25) is 0 Å². The van der Waals surface area contributed by atoms with E-state index in [2.05, 4.69) is 47.0 Å². The van der Waals surface area contributed by atoms with Gasteiger partial charge in [0, 0.05) is 30.9 Å². The van der Waals surface area contributed by atoms with Gasteiger partial charge < -0.3 is 10.2 Å². The Morgan fingerprint density at radius 2 is 2.00 bits per heavy atom. The van der Waals surface area contributed by atoms with E-state index in [1.165, 1.54) is 19.3 Å². The smallest absolute Gasteiger partial charge is 0.132 e. The molecule has 0 radical (unpaired) electrons. The summed E-state index contributed by atoms with van der Waals surface area (Å²) in [6, 6.07) is 2.79. The Labute approximate surface area is 129 Å². The third-order valence-electron chi connectivity index (χ3n) is 4.53. The van der Waals surface area contributed by atoms with Crippen LogP contribution in [0.15, 0.2) is 6.07 Å². The second kappa shape index (κ2) is 7.74. The third-order valence-corrected chi connectivity index (χ3v) is 4.53. The van der Waals surface area contributed by atoms with Crippen LogP contribution in [0.4, 0.5) is 5.82 Å². The maximum atomic E-state index is 4.62. The van der Waals surface area contributed by atoms with E-state index in [4.69, 9.17) is 0 Å². The Morgan fingerprint density at radius 1 is 1.29 bits per heavy atom. The van der Waals surface area contributed by atoms with E-state index in [1.807, 2.05) is 6.92 Å². The minimum atomic E-state index is 0.630. The van der Waals surface area contributed by atoms with E-state index in [1.54, 1.807) is 0 Å². The monoisotopic (exact) mass is 290 g/mol. The summed E-state index contributed by atoms with van der Waals surface area (Å²) >= 11 is 0. The Hall–Kier alpha value is -1.16. The van der Waals surface area contributed by atoms with Crippen LogP contribution in [-0.4, -0.2) is 35.6 Å². The SMILES string of the molecule is CCCNC(C)C1CCN(c2cc(CC)nc(C)n2)CC1. The summed E-state index contributed by atoms with van der Waals surface area (Å²) in [6.45, 7) is 12.1. The van der Waals surface area contributed by atoms with Crippen molar-refractivity contribution in [1.82, 2.24) is 15.3 Å². The van der Waals surface area contributed by atoms with E-state index in [-0.39, 0.29) is 0 Å². The van der Waals surface area contributed by atoms with Crippen molar-refractivity contribution in [3.05, 3.63) is 17.6 Å². The number of aromatic nitrogens is 2. The Morgan fingerprint density at radius 3 is 2.62 bits per heavy atom. The molecule has 1 aromatic rings. The van der Waals surface area contributed by atoms with Gasteiger partial charge in [-0.25, -0.2) is 9.97 Å². The minimum Gasteiger partial charge on any atom is -0.356 e. The molecule has 4 heteroatoms. The maximum Gasteiger partial charge on any atom is 0.132 e. The van der Waals surface area contributed by atoms with Crippen LogP contribution in [0.3, 0.4) is 0 Å². The molecule has 1 N–H and O–H groups in total.